The molecule has 0 bridgehead atoms. The van der Waals surface area contributed by atoms with Gasteiger partial charge in [-0.15, -0.1) is 11.8 Å². The third-order valence-electron chi connectivity index (χ3n) is 2.85. The van der Waals surface area contributed by atoms with Crippen LogP contribution in [-0.4, -0.2) is 15.5 Å². The maximum atomic E-state index is 6.31. The lowest BCUT2D eigenvalue weighted by atomic mass is 10.2. The van der Waals surface area contributed by atoms with E-state index in [1.807, 2.05) is 35.1 Å². The fourth-order valence-corrected chi connectivity index (χ4v) is 3.71. The van der Waals surface area contributed by atoms with E-state index >= 15 is 0 Å². The van der Waals surface area contributed by atoms with Crippen LogP contribution in [0, 0.1) is 0 Å². The summed E-state index contributed by atoms with van der Waals surface area (Å²) in [4.78, 5) is 1.13. The monoisotopic (exact) mass is 373 g/mol. The van der Waals surface area contributed by atoms with Crippen LogP contribution >= 0.6 is 39.3 Å². The molecule has 20 heavy (non-hydrogen) atoms. The fraction of sp³-hybridized carbons (Fsp3) is 0.357. The van der Waals surface area contributed by atoms with Gasteiger partial charge in [-0.25, -0.2) is 0 Å². The molecule has 0 saturated heterocycles. The fourth-order valence-electron chi connectivity index (χ4n) is 1.95. The maximum absolute atomic E-state index is 6.31. The van der Waals surface area contributed by atoms with Gasteiger partial charge in [-0.2, -0.15) is 5.10 Å². The van der Waals surface area contributed by atoms with Gasteiger partial charge in [0, 0.05) is 22.2 Å². The molecule has 1 aromatic carbocycles. The molecule has 0 amide bonds. The van der Waals surface area contributed by atoms with E-state index in [4.69, 9.17) is 17.3 Å². The first-order chi connectivity index (χ1) is 9.61. The van der Waals surface area contributed by atoms with E-state index in [0.717, 1.165) is 38.8 Å². The minimum atomic E-state index is -0.0672. The van der Waals surface area contributed by atoms with Crippen molar-refractivity contribution in [3.63, 3.8) is 0 Å². The van der Waals surface area contributed by atoms with Crippen LogP contribution in [0.5, 0.6) is 0 Å². The number of nitrogens with two attached hydrogens (primary N) is 1. The number of thioether (sulfide) groups is 1. The zero-order valence-electron chi connectivity index (χ0n) is 11.2. The molecular formula is C14H17BrClN3S. The first kappa shape index (κ1) is 15.9. The average Bonchev–Trinajstić information content (AvgIpc) is 2.78. The number of hydrogen-bond acceptors (Lipinski definition) is 3. The van der Waals surface area contributed by atoms with Gasteiger partial charge in [0.25, 0.3) is 0 Å². The van der Waals surface area contributed by atoms with Crippen LogP contribution in [0.3, 0.4) is 0 Å². The van der Waals surface area contributed by atoms with Crippen LogP contribution in [-0.2, 0) is 6.54 Å². The summed E-state index contributed by atoms with van der Waals surface area (Å²) in [5.74, 6) is 0.786. The second-order valence-electron chi connectivity index (χ2n) is 4.48. The third kappa shape index (κ3) is 4.01. The van der Waals surface area contributed by atoms with Crippen molar-refractivity contribution in [2.24, 2.45) is 5.73 Å². The van der Waals surface area contributed by atoms with Gasteiger partial charge in [-0.3, -0.25) is 4.68 Å². The summed E-state index contributed by atoms with van der Waals surface area (Å²) in [6.07, 6.45) is 2.85. The van der Waals surface area contributed by atoms with Crippen molar-refractivity contribution in [1.82, 2.24) is 9.78 Å². The molecule has 0 radical (unpaired) electrons. The van der Waals surface area contributed by atoms with Crippen molar-refractivity contribution in [2.75, 3.05) is 5.75 Å². The van der Waals surface area contributed by atoms with Crippen LogP contribution in [0.2, 0.25) is 5.02 Å². The molecule has 0 aliphatic carbocycles. The molecular weight excluding hydrogens is 358 g/mol. The molecule has 0 spiro atoms. The standard InChI is InChI=1S/C14H17BrClN3S/c1-2-6-19-14(12(15)8-18-19)13(17)9-20-11-5-3-4-10(16)7-11/h3-5,7-8,13H,2,6,9,17H2,1H3. The van der Waals surface area contributed by atoms with Crippen LogP contribution in [0.25, 0.3) is 0 Å². The summed E-state index contributed by atoms with van der Waals surface area (Å²) in [6, 6.07) is 7.76. The number of aromatic nitrogens is 2. The Balaban J connectivity index is 2.05. The molecule has 6 heteroatoms. The van der Waals surface area contributed by atoms with Crippen LogP contribution in [0.15, 0.2) is 39.8 Å². The molecule has 0 aliphatic rings. The highest BCUT2D eigenvalue weighted by atomic mass is 79.9. The summed E-state index contributed by atoms with van der Waals surface area (Å²) >= 11 is 11.2. The quantitative estimate of drug-likeness (QED) is 0.757. The summed E-state index contributed by atoms with van der Waals surface area (Å²) in [7, 11) is 0. The van der Waals surface area contributed by atoms with E-state index in [2.05, 4.69) is 28.0 Å². The predicted octanol–water partition coefficient (Wildman–Crippen LogP) is 4.50. The Kier molecular flexibility index (Phi) is 5.96. The third-order valence-corrected chi connectivity index (χ3v) is 4.80. The van der Waals surface area contributed by atoms with Crippen molar-refractivity contribution >= 4 is 39.3 Å². The van der Waals surface area contributed by atoms with Gasteiger partial charge in [0.15, 0.2) is 0 Å². The van der Waals surface area contributed by atoms with Gasteiger partial charge in [0.2, 0.25) is 0 Å². The molecule has 2 aromatic rings. The van der Waals surface area contributed by atoms with Crippen molar-refractivity contribution < 1.29 is 0 Å². The summed E-state index contributed by atoms with van der Waals surface area (Å²) in [6.45, 7) is 3.02. The van der Waals surface area contributed by atoms with Crippen LogP contribution in [0.4, 0.5) is 0 Å². The zero-order valence-corrected chi connectivity index (χ0v) is 14.4. The van der Waals surface area contributed by atoms with Gasteiger partial charge < -0.3 is 5.73 Å². The van der Waals surface area contributed by atoms with E-state index in [1.165, 1.54) is 0 Å². The summed E-state index contributed by atoms with van der Waals surface area (Å²) in [5.41, 5.74) is 7.37. The Morgan fingerprint density at radius 2 is 2.30 bits per heavy atom. The lowest BCUT2D eigenvalue weighted by Crippen LogP contribution is -2.19. The number of halogens is 2. The summed E-state index contributed by atoms with van der Waals surface area (Å²) in [5, 5.41) is 5.11. The Labute approximate surface area is 137 Å². The molecule has 1 atom stereocenters. The SMILES string of the molecule is CCCn1ncc(Br)c1C(N)CSc1cccc(Cl)c1. The van der Waals surface area contributed by atoms with Crippen molar-refractivity contribution in [3.05, 3.63) is 45.7 Å². The molecule has 2 N–H and O–H groups in total. The van der Waals surface area contributed by atoms with Crippen molar-refractivity contribution in [3.8, 4) is 0 Å². The molecule has 108 valence electrons. The Bertz CT molecular complexity index is 573. The highest BCUT2D eigenvalue weighted by Crippen LogP contribution is 2.28. The highest BCUT2D eigenvalue weighted by Gasteiger charge is 2.16. The minimum absolute atomic E-state index is 0.0672. The van der Waals surface area contributed by atoms with E-state index in [-0.39, 0.29) is 6.04 Å². The average molecular weight is 375 g/mol. The lowest BCUT2D eigenvalue weighted by Gasteiger charge is -2.14. The summed E-state index contributed by atoms with van der Waals surface area (Å²) < 4.78 is 2.96. The molecule has 0 saturated carbocycles. The second kappa shape index (κ2) is 7.50. The zero-order chi connectivity index (χ0) is 14.5. The van der Waals surface area contributed by atoms with E-state index in [9.17, 15) is 0 Å². The first-order valence-electron chi connectivity index (χ1n) is 6.47. The Morgan fingerprint density at radius 1 is 1.50 bits per heavy atom. The topological polar surface area (TPSA) is 43.8 Å². The molecule has 1 heterocycles. The Morgan fingerprint density at radius 3 is 3.00 bits per heavy atom. The molecule has 0 aliphatic heterocycles. The highest BCUT2D eigenvalue weighted by molar-refractivity contribution is 9.10. The molecule has 1 aromatic heterocycles. The minimum Gasteiger partial charge on any atom is -0.322 e. The molecule has 1 unspecified atom stereocenters. The van der Waals surface area contributed by atoms with E-state index in [1.54, 1.807) is 11.8 Å². The number of hydrogen-bond donors (Lipinski definition) is 1. The van der Waals surface area contributed by atoms with E-state index < -0.39 is 0 Å². The van der Waals surface area contributed by atoms with Gasteiger partial charge in [0.1, 0.15) is 0 Å². The van der Waals surface area contributed by atoms with Crippen molar-refractivity contribution in [1.29, 1.82) is 0 Å². The first-order valence-corrected chi connectivity index (χ1v) is 8.62. The van der Waals surface area contributed by atoms with Crippen LogP contribution in [0.1, 0.15) is 25.1 Å². The van der Waals surface area contributed by atoms with Crippen LogP contribution < -0.4 is 5.73 Å². The number of nitrogens with zero attached hydrogens (tertiary/aromatic N) is 2. The Hall–Kier alpha value is -0.490. The normalized spacial score (nSPS) is 12.6. The number of rotatable bonds is 6. The number of aryl methyl sites for hydroxylation is 1. The lowest BCUT2D eigenvalue weighted by molar-refractivity contribution is 0.553. The molecule has 3 nitrogen and oxygen atoms in total. The largest absolute Gasteiger partial charge is 0.322 e. The van der Waals surface area contributed by atoms with Gasteiger partial charge in [-0.05, 0) is 40.5 Å². The van der Waals surface area contributed by atoms with E-state index in [0.29, 0.717) is 0 Å². The van der Waals surface area contributed by atoms with Gasteiger partial charge in [-0.1, -0.05) is 24.6 Å². The van der Waals surface area contributed by atoms with Crippen molar-refractivity contribution in [2.45, 2.75) is 30.8 Å². The number of benzene rings is 1. The van der Waals surface area contributed by atoms with Gasteiger partial charge >= 0.3 is 0 Å². The second-order valence-corrected chi connectivity index (χ2v) is 6.86. The molecule has 2 rings (SSSR count). The molecule has 0 fully saturated rings. The predicted molar refractivity (Wildman–Crippen MR) is 89.3 cm³/mol. The smallest absolute Gasteiger partial charge is 0.0702 e. The van der Waals surface area contributed by atoms with Gasteiger partial charge in [0.05, 0.1) is 22.4 Å². The maximum Gasteiger partial charge on any atom is 0.0702 e.